The van der Waals surface area contributed by atoms with Gasteiger partial charge in [-0.15, -0.1) is 0 Å². The second-order valence-corrected chi connectivity index (χ2v) is 8.11. The molecule has 1 aliphatic heterocycles. The van der Waals surface area contributed by atoms with Gasteiger partial charge >= 0.3 is 0 Å². The van der Waals surface area contributed by atoms with Gasteiger partial charge in [0.2, 0.25) is 0 Å². The van der Waals surface area contributed by atoms with Crippen molar-refractivity contribution < 1.29 is 13.2 Å². The van der Waals surface area contributed by atoms with E-state index in [4.69, 9.17) is 22.3 Å². The fourth-order valence-corrected chi connectivity index (χ4v) is 3.42. The first-order valence-electron chi connectivity index (χ1n) is 6.93. The zero-order valence-corrected chi connectivity index (χ0v) is 13.8. The Morgan fingerprint density at radius 3 is 2.19 bits per heavy atom. The van der Waals surface area contributed by atoms with Crippen molar-refractivity contribution in [2.45, 2.75) is 37.0 Å². The molecule has 116 valence electrons. The molecule has 0 bridgehead atoms. The molecule has 0 aromatic heterocycles. The molecule has 0 saturated carbocycles. The lowest BCUT2D eigenvalue weighted by molar-refractivity contribution is 0.0742. The number of halogens is 2. The van der Waals surface area contributed by atoms with Crippen molar-refractivity contribution in [2.24, 2.45) is 0 Å². The Labute approximate surface area is 134 Å². The Morgan fingerprint density at radius 1 is 1.05 bits per heavy atom. The van der Waals surface area contributed by atoms with Gasteiger partial charge in [0.25, 0.3) is 15.0 Å². The molecule has 1 aromatic carbocycles. The highest BCUT2D eigenvalue weighted by Crippen LogP contribution is 2.25. The smallest absolute Gasteiger partial charge is 0.261 e. The third kappa shape index (κ3) is 4.34. The Kier molecular flexibility index (Phi) is 5.52. The lowest BCUT2D eigenvalue weighted by Crippen LogP contribution is -2.34. The molecule has 7 heteroatoms. The Hall–Kier alpha value is -0.780. The second kappa shape index (κ2) is 6.99. The SMILES string of the molecule is O=C(c1cc(S(=O)(=O)Cl)ccc1Cl)N1CCCCCCC1. The fourth-order valence-electron chi connectivity index (χ4n) is 2.44. The first kappa shape index (κ1) is 16.6. The molecule has 1 heterocycles. The molecule has 1 amide bonds. The van der Waals surface area contributed by atoms with Crippen LogP contribution in [-0.2, 0) is 9.05 Å². The number of nitrogens with zero attached hydrogens (tertiary/aromatic N) is 1. The molecule has 1 aromatic rings. The van der Waals surface area contributed by atoms with Crippen LogP contribution in [0, 0.1) is 0 Å². The molecular formula is C14H17Cl2NO3S. The summed E-state index contributed by atoms with van der Waals surface area (Å²) in [5.41, 5.74) is 0.193. The standard InChI is InChI=1S/C14H17Cl2NO3S/c15-13-7-6-11(21(16,19)20)10-12(13)14(18)17-8-4-2-1-3-5-9-17/h6-7,10H,1-5,8-9H2. The highest BCUT2D eigenvalue weighted by Gasteiger charge is 2.21. The van der Waals surface area contributed by atoms with E-state index in [0.717, 1.165) is 25.7 Å². The highest BCUT2D eigenvalue weighted by atomic mass is 35.7. The van der Waals surface area contributed by atoms with E-state index in [0.29, 0.717) is 13.1 Å². The van der Waals surface area contributed by atoms with Crippen molar-refractivity contribution in [1.82, 2.24) is 4.90 Å². The normalized spacial score (nSPS) is 17.1. The number of amides is 1. The molecular weight excluding hydrogens is 333 g/mol. The highest BCUT2D eigenvalue weighted by molar-refractivity contribution is 8.13. The van der Waals surface area contributed by atoms with Gasteiger partial charge < -0.3 is 4.90 Å². The Balaban J connectivity index is 2.29. The van der Waals surface area contributed by atoms with Crippen molar-refractivity contribution in [1.29, 1.82) is 0 Å². The molecule has 0 aliphatic carbocycles. The lowest BCUT2D eigenvalue weighted by Gasteiger charge is -2.25. The lowest BCUT2D eigenvalue weighted by atomic mass is 10.1. The summed E-state index contributed by atoms with van der Waals surface area (Å²) in [5.74, 6) is -0.232. The van der Waals surface area contributed by atoms with Crippen LogP contribution >= 0.6 is 22.3 Å². The summed E-state index contributed by atoms with van der Waals surface area (Å²) in [6.07, 6.45) is 5.32. The minimum atomic E-state index is -3.88. The van der Waals surface area contributed by atoms with Crippen molar-refractivity contribution >= 4 is 37.2 Å². The summed E-state index contributed by atoms with van der Waals surface area (Å²) >= 11 is 6.05. The van der Waals surface area contributed by atoms with E-state index in [1.165, 1.54) is 24.6 Å². The molecule has 0 unspecified atom stereocenters. The van der Waals surface area contributed by atoms with Gasteiger partial charge in [-0.05, 0) is 31.0 Å². The van der Waals surface area contributed by atoms with Crippen LogP contribution in [0.5, 0.6) is 0 Å². The van der Waals surface area contributed by atoms with E-state index in [2.05, 4.69) is 0 Å². The van der Waals surface area contributed by atoms with E-state index < -0.39 is 9.05 Å². The number of hydrogen-bond donors (Lipinski definition) is 0. The molecule has 0 spiro atoms. The van der Waals surface area contributed by atoms with Crippen molar-refractivity contribution in [3.05, 3.63) is 28.8 Å². The maximum absolute atomic E-state index is 12.6. The molecule has 1 aliphatic rings. The summed E-state index contributed by atoms with van der Waals surface area (Å²) in [6, 6.07) is 3.95. The molecule has 4 nitrogen and oxygen atoms in total. The van der Waals surface area contributed by atoms with Gasteiger partial charge in [0, 0.05) is 23.8 Å². The van der Waals surface area contributed by atoms with Crippen LogP contribution in [0.2, 0.25) is 5.02 Å². The summed E-state index contributed by atoms with van der Waals surface area (Å²) in [5, 5.41) is 0.242. The van der Waals surface area contributed by atoms with Gasteiger partial charge in [0.1, 0.15) is 0 Å². The number of rotatable bonds is 2. The van der Waals surface area contributed by atoms with Crippen molar-refractivity contribution in [3.8, 4) is 0 Å². The zero-order valence-electron chi connectivity index (χ0n) is 11.5. The maximum atomic E-state index is 12.6. The monoisotopic (exact) mass is 349 g/mol. The summed E-state index contributed by atoms with van der Waals surface area (Å²) in [6.45, 7) is 1.35. The largest absolute Gasteiger partial charge is 0.339 e. The van der Waals surface area contributed by atoms with Crippen LogP contribution in [-0.4, -0.2) is 32.3 Å². The predicted molar refractivity (Wildman–Crippen MR) is 83.5 cm³/mol. The molecule has 1 saturated heterocycles. The van der Waals surface area contributed by atoms with Gasteiger partial charge in [0.05, 0.1) is 15.5 Å². The minimum Gasteiger partial charge on any atom is -0.339 e. The third-order valence-corrected chi connectivity index (χ3v) is 5.27. The van der Waals surface area contributed by atoms with E-state index in [1.807, 2.05) is 0 Å². The number of benzene rings is 1. The number of hydrogen-bond acceptors (Lipinski definition) is 3. The summed E-state index contributed by atoms with van der Waals surface area (Å²) < 4.78 is 22.8. The quantitative estimate of drug-likeness (QED) is 0.765. The van der Waals surface area contributed by atoms with Crippen molar-refractivity contribution in [3.63, 3.8) is 0 Å². The molecule has 1 fully saturated rings. The van der Waals surface area contributed by atoms with Gasteiger partial charge in [-0.2, -0.15) is 0 Å². The Bertz CT molecular complexity index is 623. The average molecular weight is 350 g/mol. The first-order valence-corrected chi connectivity index (χ1v) is 9.62. The molecule has 0 radical (unpaired) electrons. The summed E-state index contributed by atoms with van der Waals surface area (Å²) in [4.78, 5) is 14.2. The molecule has 2 rings (SSSR count). The van der Waals surface area contributed by atoms with Crippen LogP contribution in [0.3, 0.4) is 0 Å². The van der Waals surface area contributed by atoms with Gasteiger partial charge in [-0.1, -0.05) is 30.9 Å². The van der Waals surface area contributed by atoms with Crippen molar-refractivity contribution in [2.75, 3.05) is 13.1 Å². The summed E-state index contributed by atoms with van der Waals surface area (Å²) in [7, 11) is 1.45. The second-order valence-electron chi connectivity index (χ2n) is 5.14. The zero-order chi connectivity index (χ0) is 15.5. The van der Waals surface area contributed by atoms with Crippen LogP contribution in [0.15, 0.2) is 23.1 Å². The van der Waals surface area contributed by atoms with E-state index in [-0.39, 0.29) is 21.4 Å². The number of carbonyl (C=O) groups excluding carboxylic acids is 1. The topological polar surface area (TPSA) is 54.5 Å². The molecule has 21 heavy (non-hydrogen) atoms. The number of likely N-dealkylation sites (tertiary alicyclic amines) is 1. The van der Waals surface area contributed by atoms with Gasteiger partial charge in [-0.25, -0.2) is 8.42 Å². The van der Waals surface area contributed by atoms with E-state index in [9.17, 15) is 13.2 Å². The predicted octanol–water partition coefficient (Wildman–Crippen LogP) is 3.67. The first-order chi connectivity index (χ1) is 9.89. The average Bonchev–Trinajstić information content (AvgIpc) is 2.36. The van der Waals surface area contributed by atoms with E-state index in [1.54, 1.807) is 4.90 Å². The van der Waals surface area contributed by atoms with Gasteiger partial charge in [-0.3, -0.25) is 4.79 Å². The maximum Gasteiger partial charge on any atom is 0.261 e. The number of carbonyl (C=O) groups is 1. The third-order valence-electron chi connectivity index (χ3n) is 3.59. The minimum absolute atomic E-state index is 0.107. The Morgan fingerprint density at radius 2 is 1.62 bits per heavy atom. The van der Waals surface area contributed by atoms with Crippen LogP contribution < -0.4 is 0 Å². The molecule has 0 N–H and O–H groups in total. The van der Waals surface area contributed by atoms with E-state index >= 15 is 0 Å². The molecule has 0 atom stereocenters. The fraction of sp³-hybridized carbons (Fsp3) is 0.500. The van der Waals surface area contributed by atoms with Crippen LogP contribution in [0.4, 0.5) is 0 Å². The van der Waals surface area contributed by atoms with Gasteiger partial charge in [0.15, 0.2) is 0 Å². The van der Waals surface area contributed by atoms with Crippen LogP contribution in [0.25, 0.3) is 0 Å². The van der Waals surface area contributed by atoms with Crippen LogP contribution in [0.1, 0.15) is 42.5 Å².